The third kappa shape index (κ3) is 4.55. The number of rotatable bonds is 6. The van der Waals surface area contributed by atoms with Crippen LogP contribution in [-0.4, -0.2) is 84.9 Å². The monoisotopic (exact) mass is 533 g/mol. The Morgan fingerprint density at radius 2 is 1.78 bits per heavy atom. The van der Waals surface area contributed by atoms with Crippen molar-refractivity contribution in [2.75, 3.05) is 39.8 Å². The summed E-state index contributed by atoms with van der Waals surface area (Å²) in [5, 5.41) is 0.150. The lowest BCUT2D eigenvalue weighted by Crippen LogP contribution is -2.59. The van der Waals surface area contributed by atoms with E-state index in [2.05, 4.69) is 0 Å². The van der Waals surface area contributed by atoms with Crippen LogP contribution in [0.5, 0.6) is 0 Å². The van der Waals surface area contributed by atoms with Crippen molar-refractivity contribution in [3.8, 4) is 0 Å². The standard InChI is InChI=1S/C15H24IN3O6S2/c1-24-26-12-9-18(10-12)27(22,23)17-6-2-4-11(8-17)14(20)19-7-3-5-13(19)15(21)25-16/h11-13H,2-10H2,1H3/t11?,13-/m1/s1. The summed E-state index contributed by atoms with van der Waals surface area (Å²) in [5.41, 5.74) is 0. The highest BCUT2D eigenvalue weighted by molar-refractivity contribution is 14.1. The van der Waals surface area contributed by atoms with Gasteiger partial charge >= 0.3 is 5.97 Å². The molecule has 9 nitrogen and oxygen atoms in total. The number of amides is 1. The third-order valence-electron chi connectivity index (χ3n) is 5.32. The van der Waals surface area contributed by atoms with Crippen LogP contribution >= 0.6 is 35.0 Å². The van der Waals surface area contributed by atoms with Crippen molar-refractivity contribution in [1.29, 1.82) is 0 Å². The fourth-order valence-corrected chi connectivity index (χ4v) is 6.89. The Hall–Kier alpha value is -0.150. The van der Waals surface area contributed by atoms with Gasteiger partial charge in [-0.15, -0.1) is 0 Å². The van der Waals surface area contributed by atoms with Crippen molar-refractivity contribution in [1.82, 2.24) is 13.5 Å². The van der Waals surface area contributed by atoms with Crippen molar-refractivity contribution in [3.05, 3.63) is 0 Å². The van der Waals surface area contributed by atoms with Gasteiger partial charge in [0.2, 0.25) is 5.91 Å². The zero-order chi connectivity index (χ0) is 19.6. The van der Waals surface area contributed by atoms with Crippen LogP contribution in [0.25, 0.3) is 0 Å². The van der Waals surface area contributed by atoms with E-state index in [4.69, 9.17) is 7.25 Å². The van der Waals surface area contributed by atoms with Crippen molar-refractivity contribution in [3.63, 3.8) is 0 Å². The van der Waals surface area contributed by atoms with Gasteiger partial charge in [0.15, 0.2) is 23.0 Å². The molecule has 0 aromatic rings. The topological polar surface area (TPSA) is 96.5 Å². The van der Waals surface area contributed by atoms with Gasteiger partial charge in [-0.3, -0.25) is 4.79 Å². The van der Waals surface area contributed by atoms with Crippen molar-refractivity contribution in [2.24, 2.45) is 5.92 Å². The zero-order valence-corrected chi connectivity index (χ0v) is 18.9. The number of likely N-dealkylation sites (tertiary alicyclic amines) is 1. The second-order valence-corrected chi connectivity index (χ2v) is 10.6. The van der Waals surface area contributed by atoms with E-state index in [9.17, 15) is 18.0 Å². The second-order valence-electron chi connectivity index (χ2n) is 6.99. The normalized spacial score (nSPS) is 28.1. The van der Waals surface area contributed by atoms with E-state index in [1.165, 1.54) is 43.7 Å². The Labute approximate surface area is 178 Å². The first-order valence-corrected chi connectivity index (χ1v) is 12.0. The fraction of sp³-hybridized carbons (Fsp3) is 0.867. The lowest BCUT2D eigenvalue weighted by Gasteiger charge is -2.42. The number of nitrogens with zero attached hydrogens (tertiary/aromatic N) is 3. The number of carbonyl (C=O) groups excluding carboxylic acids is 2. The summed E-state index contributed by atoms with van der Waals surface area (Å²) in [5.74, 6) is -0.971. The summed E-state index contributed by atoms with van der Waals surface area (Å²) in [6.07, 6.45) is 2.61. The van der Waals surface area contributed by atoms with Crippen LogP contribution in [0.3, 0.4) is 0 Å². The predicted molar refractivity (Wildman–Crippen MR) is 108 cm³/mol. The molecule has 0 spiro atoms. The summed E-state index contributed by atoms with van der Waals surface area (Å²) in [6, 6.07) is -0.552. The molecule has 0 saturated carbocycles. The molecule has 0 aliphatic carbocycles. The van der Waals surface area contributed by atoms with Gasteiger partial charge in [0.1, 0.15) is 6.04 Å². The van der Waals surface area contributed by atoms with E-state index in [1.807, 2.05) is 0 Å². The van der Waals surface area contributed by atoms with E-state index >= 15 is 0 Å². The molecule has 3 aliphatic heterocycles. The van der Waals surface area contributed by atoms with Gasteiger partial charge in [-0.25, -0.2) is 4.79 Å². The molecule has 3 saturated heterocycles. The molecule has 3 heterocycles. The molecule has 1 amide bonds. The predicted octanol–water partition coefficient (Wildman–Crippen LogP) is 0.806. The van der Waals surface area contributed by atoms with Crippen LogP contribution < -0.4 is 0 Å². The number of piperidine rings is 1. The van der Waals surface area contributed by atoms with Crippen LogP contribution in [-0.2, 0) is 27.0 Å². The van der Waals surface area contributed by atoms with E-state index < -0.39 is 28.1 Å². The quantitative estimate of drug-likeness (QED) is 0.368. The minimum atomic E-state index is -3.57. The minimum Gasteiger partial charge on any atom is -0.393 e. The Kier molecular flexibility index (Phi) is 7.28. The molecule has 1 unspecified atom stereocenters. The largest absolute Gasteiger partial charge is 0.393 e. The van der Waals surface area contributed by atoms with Gasteiger partial charge in [0.25, 0.3) is 10.2 Å². The maximum absolute atomic E-state index is 13.0. The van der Waals surface area contributed by atoms with Crippen molar-refractivity contribution < 1.29 is 25.3 Å². The van der Waals surface area contributed by atoms with Gasteiger partial charge < -0.3 is 12.1 Å². The third-order valence-corrected chi connectivity index (χ3v) is 8.45. The van der Waals surface area contributed by atoms with Crippen LogP contribution in [0.1, 0.15) is 25.7 Å². The maximum atomic E-state index is 13.0. The van der Waals surface area contributed by atoms with Gasteiger partial charge in [-0.05, 0) is 37.7 Å². The molecule has 0 aromatic heterocycles. The molecule has 0 aromatic carbocycles. The first-order valence-electron chi connectivity index (χ1n) is 8.96. The molecule has 0 bridgehead atoms. The molecule has 3 aliphatic rings. The van der Waals surface area contributed by atoms with Crippen LogP contribution in [0.2, 0.25) is 0 Å². The fourth-order valence-electron chi connectivity index (χ4n) is 3.86. The van der Waals surface area contributed by atoms with E-state index in [0.717, 1.165) is 6.42 Å². The number of hydrogen-bond donors (Lipinski definition) is 0. The highest BCUT2D eigenvalue weighted by Gasteiger charge is 2.44. The highest BCUT2D eigenvalue weighted by Crippen LogP contribution is 2.30. The molecular formula is C15H24IN3O6S2. The van der Waals surface area contributed by atoms with Gasteiger partial charge in [0, 0.05) is 32.7 Å². The van der Waals surface area contributed by atoms with E-state index in [1.54, 1.807) is 12.0 Å². The summed E-state index contributed by atoms with van der Waals surface area (Å²) < 4.78 is 38.3. The molecular weight excluding hydrogens is 509 g/mol. The maximum Gasteiger partial charge on any atom is 0.338 e. The molecule has 2 atom stereocenters. The van der Waals surface area contributed by atoms with E-state index in [0.29, 0.717) is 45.4 Å². The zero-order valence-electron chi connectivity index (χ0n) is 15.1. The molecule has 12 heteroatoms. The van der Waals surface area contributed by atoms with Crippen molar-refractivity contribution >= 4 is 57.1 Å². The molecule has 0 radical (unpaired) electrons. The number of halogens is 1. The average molecular weight is 533 g/mol. The summed E-state index contributed by atoms with van der Waals surface area (Å²) in [6.45, 7) is 1.95. The molecule has 3 fully saturated rings. The molecule has 27 heavy (non-hydrogen) atoms. The minimum absolute atomic E-state index is 0.143. The Morgan fingerprint density at radius 3 is 2.44 bits per heavy atom. The SMILES string of the molecule is COSC1CN(S(=O)(=O)N2CCCC(C(=O)N3CCC[C@@H]3C(=O)OI)C2)C1. The number of carbonyl (C=O) groups is 2. The lowest BCUT2D eigenvalue weighted by atomic mass is 9.97. The van der Waals surface area contributed by atoms with Crippen molar-refractivity contribution in [2.45, 2.75) is 37.0 Å². The second kappa shape index (κ2) is 9.11. The first kappa shape index (κ1) is 21.6. The highest BCUT2D eigenvalue weighted by atomic mass is 127. The van der Waals surface area contributed by atoms with Crippen LogP contribution in [0.15, 0.2) is 0 Å². The Bertz CT molecular complexity index is 672. The smallest absolute Gasteiger partial charge is 0.338 e. The van der Waals surface area contributed by atoms with Crippen LogP contribution in [0.4, 0.5) is 0 Å². The van der Waals surface area contributed by atoms with Crippen LogP contribution in [0, 0.1) is 5.92 Å². The molecule has 0 N–H and O–H groups in total. The summed E-state index contributed by atoms with van der Waals surface area (Å²) in [4.78, 5) is 26.4. The Morgan fingerprint density at radius 1 is 1.07 bits per heavy atom. The van der Waals surface area contributed by atoms with Gasteiger partial charge in [0.05, 0.1) is 18.3 Å². The first-order chi connectivity index (χ1) is 12.9. The summed E-state index contributed by atoms with van der Waals surface area (Å²) >= 11 is 2.82. The van der Waals surface area contributed by atoms with Gasteiger partial charge in [-0.1, -0.05) is 0 Å². The molecule has 154 valence electrons. The number of hydrogen-bond acceptors (Lipinski definition) is 7. The average Bonchev–Trinajstić information content (AvgIpc) is 3.12. The van der Waals surface area contributed by atoms with E-state index in [-0.39, 0.29) is 17.7 Å². The molecule has 3 rings (SSSR count). The Balaban J connectivity index is 1.62. The van der Waals surface area contributed by atoms with Gasteiger partial charge in [-0.2, -0.15) is 17.0 Å². The summed E-state index contributed by atoms with van der Waals surface area (Å²) in [7, 11) is -2.00. The lowest BCUT2D eigenvalue weighted by molar-refractivity contribution is -0.147.